The first kappa shape index (κ1) is 38.3. The number of aliphatic carboxylic acids is 1. The van der Waals surface area contributed by atoms with E-state index in [1.165, 1.54) is 23.3 Å². The van der Waals surface area contributed by atoms with E-state index >= 15 is 0 Å². The van der Waals surface area contributed by atoms with Gasteiger partial charge in [0.25, 0.3) is 0 Å². The Hall–Kier alpha value is -3.86. The number of aryl methyl sites for hydroxylation is 1. The van der Waals surface area contributed by atoms with Crippen LogP contribution in [0.4, 0.5) is 11.4 Å². The summed E-state index contributed by atoms with van der Waals surface area (Å²) in [6.45, 7) is 21.3. The molecule has 0 heterocycles. The molecule has 0 aromatic heterocycles. The average Bonchev–Trinajstić information content (AvgIpc) is 3.00. The highest BCUT2D eigenvalue weighted by atomic mass is 16.5. The summed E-state index contributed by atoms with van der Waals surface area (Å²) in [7, 11) is 1.67. The molecule has 1 unspecified atom stereocenters. The molecule has 0 radical (unpaired) electrons. The minimum Gasteiger partial charge on any atom is -0.497 e. The lowest BCUT2D eigenvalue weighted by molar-refractivity contribution is -0.132. The summed E-state index contributed by atoms with van der Waals surface area (Å²) in [5, 5.41) is 12.3. The standard InChI is InChI=1S/C15H17NO.C13H20O2.C5H9N.C2H6/c1-3-12-4-6-13(7-5-12)16-14-8-10-15(17-2)11-9-14;1-5-8-12(13(14)15)9-11(7-3)10(4)6-2;1-3-4-5-6-2;1-2/h4-11,16H,3H2,1-2H3;5,8-10H,1,6-7H2,2-4H3,(H,14,15);4-5H,2-3H2,1H3;1-2H3/b;11-9-,12-8+;5-4-;. The highest BCUT2D eigenvalue weighted by Crippen LogP contribution is 2.21. The normalized spacial score (nSPS) is 11.4. The number of rotatable bonds is 12. The van der Waals surface area contributed by atoms with Crippen LogP contribution in [0.25, 0.3) is 0 Å². The fourth-order valence-corrected chi connectivity index (χ4v) is 3.21. The second kappa shape index (κ2) is 25.4. The maximum absolute atomic E-state index is 10.9. The molecule has 5 heteroatoms. The fourth-order valence-electron chi connectivity index (χ4n) is 3.21. The topological polar surface area (TPSA) is 70.9 Å². The molecular formula is C35H52N2O3. The maximum Gasteiger partial charge on any atom is 0.335 e. The second-order valence-electron chi connectivity index (χ2n) is 8.42. The Bertz CT molecular complexity index is 988. The van der Waals surface area contributed by atoms with Gasteiger partial charge in [-0.25, -0.2) is 4.79 Å². The van der Waals surface area contributed by atoms with E-state index in [-0.39, 0.29) is 0 Å². The zero-order valence-corrected chi connectivity index (χ0v) is 26.0. The molecule has 0 fully saturated rings. The number of ether oxygens (including phenoxy) is 1. The number of benzene rings is 2. The van der Waals surface area contributed by atoms with E-state index in [9.17, 15) is 4.79 Å². The molecule has 0 aliphatic carbocycles. The Balaban J connectivity index is 0. The number of allylic oxidation sites excluding steroid dienone is 4. The maximum atomic E-state index is 10.9. The number of methoxy groups -OCH3 is 1. The minimum absolute atomic E-state index is 0.308. The van der Waals surface area contributed by atoms with Crippen LogP contribution in [0, 0.1) is 5.92 Å². The first-order chi connectivity index (χ1) is 19.3. The third-order valence-corrected chi connectivity index (χ3v) is 5.73. The van der Waals surface area contributed by atoms with Crippen LogP contribution in [0.15, 0.2) is 102 Å². The van der Waals surface area contributed by atoms with Crippen LogP contribution in [0.2, 0.25) is 0 Å². The Morgan fingerprint density at radius 3 is 1.93 bits per heavy atom. The van der Waals surface area contributed by atoms with E-state index in [0.29, 0.717) is 11.5 Å². The van der Waals surface area contributed by atoms with Gasteiger partial charge in [-0.15, -0.1) is 0 Å². The smallest absolute Gasteiger partial charge is 0.335 e. The summed E-state index contributed by atoms with van der Waals surface area (Å²) in [4.78, 5) is 14.4. The van der Waals surface area contributed by atoms with E-state index in [4.69, 9.17) is 9.84 Å². The van der Waals surface area contributed by atoms with Crippen molar-refractivity contribution in [3.63, 3.8) is 0 Å². The van der Waals surface area contributed by atoms with E-state index in [1.807, 2.05) is 51.1 Å². The van der Waals surface area contributed by atoms with E-state index < -0.39 is 5.97 Å². The number of carboxylic acid groups (broad SMARTS) is 1. The molecule has 5 nitrogen and oxygen atoms in total. The first-order valence-corrected chi connectivity index (χ1v) is 14.2. The van der Waals surface area contributed by atoms with Crippen molar-refractivity contribution in [2.24, 2.45) is 10.9 Å². The molecule has 1 atom stereocenters. The van der Waals surface area contributed by atoms with Gasteiger partial charge in [0, 0.05) is 17.6 Å². The molecule has 0 amide bonds. The van der Waals surface area contributed by atoms with Gasteiger partial charge < -0.3 is 15.2 Å². The third-order valence-electron chi connectivity index (χ3n) is 5.73. The molecule has 0 spiro atoms. The molecular weight excluding hydrogens is 496 g/mol. The van der Waals surface area contributed by atoms with Gasteiger partial charge in [-0.2, -0.15) is 0 Å². The van der Waals surface area contributed by atoms with Crippen molar-refractivity contribution in [1.82, 2.24) is 0 Å². The number of hydrogen-bond acceptors (Lipinski definition) is 4. The van der Waals surface area contributed by atoms with Crippen LogP contribution in [0.3, 0.4) is 0 Å². The van der Waals surface area contributed by atoms with Crippen LogP contribution in [-0.2, 0) is 11.2 Å². The second-order valence-corrected chi connectivity index (χ2v) is 8.42. The Labute approximate surface area is 244 Å². The van der Waals surface area contributed by atoms with Gasteiger partial charge in [0.05, 0.1) is 12.7 Å². The molecule has 40 heavy (non-hydrogen) atoms. The number of nitrogens with one attached hydrogen (secondary N) is 1. The third kappa shape index (κ3) is 17.6. The molecule has 0 saturated carbocycles. The lowest BCUT2D eigenvalue weighted by Gasteiger charge is -2.12. The van der Waals surface area contributed by atoms with Crippen molar-refractivity contribution in [2.75, 3.05) is 12.4 Å². The highest BCUT2D eigenvalue weighted by Gasteiger charge is 2.08. The van der Waals surface area contributed by atoms with Crippen LogP contribution in [0.5, 0.6) is 5.75 Å². The quantitative estimate of drug-likeness (QED) is 0.157. The number of carbonyl (C=O) groups is 1. The minimum atomic E-state index is -0.899. The monoisotopic (exact) mass is 548 g/mol. The molecule has 0 saturated heterocycles. The van der Waals surface area contributed by atoms with Gasteiger partial charge in [-0.3, -0.25) is 4.99 Å². The SMILES string of the molecule is C=C/C=C(\C=C(\CC)C(C)CC)C(=O)O.C=N/C=C\CC.CC.CCc1ccc(Nc2ccc(OC)cc2)cc1. The Morgan fingerprint density at radius 2 is 1.57 bits per heavy atom. The predicted octanol–water partition coefficient (Wildman–Crippen LogP) is 10.2. The first-order valence-electron chi connectivity index (χ1n) is 14.2. The van der Waals surface area contributed by atoms with Crippen molar-refractivity contribution in [1.29, 1.82) is 0 Å². The van der Waals surface area contributed by atoms with Crippen molar-refractivity contribution in [2.45, 2.75) is 74.1 Å². The van der Waals surface area contributed by atoms with E-state index in [0.717, 1.165) is 42.8 Å². The molecule has 2 N–H and O–H groups in total. The largest absolute Gasteiger partial charge is 0.497 e. The van der Waals surface area contributed by atoms with Crippen LogP contribution >= 0.6 is 0 Å². The van der Waals surface area contributed by atoms with Crippen molar-refractivity contribution < 1.29 is 14.6 Å². The molecule has 2 aromatic carbocycles. The molecule has 0 aliphatic heterocycles. The van der Waals surface area contributed by atoms with Gasteiger partial charge >= 0.3 is 5.97 Å². The Kier molecular flexibility index (Phi) is 24.3. The lowest BCUT2D eigenvalue weighted by atomic mass is 9.94. The van der Waals surface area contributed by atoms with E-state index in [1.54, 1.807) is 19.4 Å². The van der Waals surface area contributed by atoms with Crippen LogP contribution in [-0.4, -0.2) is 24.9 Å². The molecule has 2 rings (SSSR count). The molecule has 0 bridgehead atoms. The highest BCUT2D eigenvalue weighted by molar-refractivity contribution is 5.90. The number of anilines is 2. The number of hydrogen-bond donors (Lipinski definition) is 2. The molecule has 2 aromatic rings. The number of aliphatic imine (C=N–C) groups is 1. The van der Waals surface area contributed by atoms with Gasteiger partial charge in [0.15, 0.2) is 0 Å². The molecule has 220 valence electrons. The average molecular weight is 549 g/mol. The molecule has 0 aliphatic rings. The van der Waals surface area contributed by atoms with Gasteiger partial charge in [0.1, 0.15) is 5.75 Å². The van der Waals surface area contributed by atoms with Gasteiger partial charge in [-0.05, 0) is 92.4 Å². The summed E-state index contributed by atoms with van der Waals surface area (Å²) in [5.74, 6) is 0.406. The zero-order valence-electron chi connectivity index (χ0n) is 26.0. The van der Waals surface area contributed by atoms with E-state index in [2.05, 4.69) is 75.6 Å². The van der Waals surface area contributed by atoms with Crippen LogP contribution in [0.1, 0.15) is 73.3 Å². The Morgan fingerprint density at radius 1 is 1.02 bits per heavy atom. The zero-order chi connectivity index (χ0) is 30.8. The number of nitrogens with zero attached hydrogens (tertiary/aromatic N) is 1. The summed E-state index contributed by atoms with van der Waals surface area (Å²) in [6.07, 6.45) is 12.5. The van der Waals surface area contributed by atoms with Crippen LogP contribution < -0.4 is 10.1 Å². The number of carboxylic acids is 1. The summed E-state index contributed by atoms with van der Waals surface area (Å²) < 4.78 is 5.12. The summed E-state index contributed by atoms with van der Waals surface area (Å²) in [6, 6.07) is 16.4. The fraction of sp³-hybridized carbons (Fsp3) is 0.371. The summed E-state index contributed by atoms with van der Waals surface area (Å²) in [5.41, 5.74) is 5.00. The summed E-state index contributed by atoms with van der Waals surface area (Å²) >= 11 is 0. The van der Waals surface area contributed by atoms with Gasteiger partial charge in [0.2, 0.25) is 0 Å². The van der Waals surface area contributed by atoms with Crippen molar-refractivity contribution >= 4 is 24.1 Å². The van der Waals surface area contributed by atoms with Crippen molar-refractivity contribution in [3.8, 4) is 5.75 Å². The predicted molar refractivity (Wildman–Crippen MR) is 176 cm³/mol. The van der Waals surface area contributed by atoms with Gasteiger partial charge in [-0.1, -0.05) is 84.9 Å². The lowest BCUT2D eigenvalue weighted by Crippen LogP contribution is -2.02. The van der Waals surface area contributed by atoms with Crippen molar-refractivity contribution in [3.05, 3.63) is 102 Å².